The number of halogens is 2. The number of para-hydroxylation sites is 1. The van der Waals surface area contributed by atoms with Crippen molar-refractivity contribution in [3.63, 3.8) is 0 Å². The zero-order valence-electron chi connectivity index (χ0n) is 9.82. The van der Waals surface area contributed by atoms with Crippen molar-refractivity contribution in [2.24, 2.45) is 5.73 Å². The lowest BCUT2D eigenvalue weighted by atomic mass is 9.90. The Morgan fingerprint density at radius 1 is 1.33 bits per heavy atom. The monoisotopic (exact) mass is 290 g/mol. The van der Waals surface area contributed by atoms with Gasteiger partial charge >= 0.3 is 0 Å². The second-order valence-electron chi connectivity index (χ2n) is 4.20. The van der Waals surface area contributed by atoms with Crippen LogP contribution in [0.5, 0.6) is 0 Å². The Hall–Kier alpha value is -0.810. The van der Waals surface area contributed by atoms with Crippen LogP contribution >= 0.6 is 24.0 Å². The number of anilines is 1. The molecule has 1 aromatic carbocycles. The highest BCUT2D eigenvalue weighted by Crippen LogP contribution is 2.24. The van der Waals surface area contributed by atoms with Gasteiger partial charge < -0.3 is 15.8 Å². The van der Waals surface area contributed by atoms with Gasteiger partial charge in [0.05, 0.1) is 10.7 Å². The number of benzene rings is 1. The molecule has 4 nitrogen and oxygen atoms in total. The van der Waals surface area contributed by atoms with Gasteiger partial charge in [-0.3, -0.25) is 4.79 Å². The summed E-state index contributed by atoms with van der Waals surface area (Å²) in [5, 5.41) is 3.28. The Kier molecular flexibility index (Phi) is 5.41. The van der Waals surface area contributed by atoms with Crippen molar-refractivity contribution >= 4 is 35.6 Å². The molecule has 1 aromatic rings. The van der Waals surface area contributed by atoms with Gasteiger partial charge in [0.15, 0.2) is 0 Å². The lowest BCUT2D eigenvalue weighted by Gasteiger charge is -2.31. The number of rotatable bonds is 2. The fourth-order valence-electron chi connectivity index (χ4n) is 1.77. The van der Waals surface area contributed by atoms with E-state index in [2.05, 4.69) is 5.32 Å². The Balaban J connectivity index is 0.00000162. The molecule has 1 heterocycles. The highest BCUT2D eigenvalue weighted by molar-refractivity contribution is 6.33. The Labute approximate surface area is 117 Å². The first-order chi connectivity index (χ1) is 8.12. The van der Waals surface area contributed by atoms with Crippen LogP contribution in [-0.4, -0.2) is 24.7 Å². The lowest BCUT2D eigenvalue weighted by Crippen LogP contribution is -2.54. The van der Waals surface area contributed by atoms with E-state index in [1.807, 2.05) is 12.1 Å². The number of amides is 1. The molecule has 0 atom stereocenters. The molecular weight excluding hydrogens is 275 g/mol. The zero-order valence-corrected chi connectivity index (χ0v) is 11.4. The SMILES string of the molecule is Cl.NC1(C(=O)Nc2ccccc2Cl)CCOCC1. The third-order valence-corrected chi connectivity index (χ3v) is 3.29. The van der Waals surface area contributed by atoms with Crippen LogP contribution in [0.4, 0.5) is 5.69 Å². The number of hydrogen-bond acceptors (Lipinski definition) is 3. The largest absolute Gasteiger partial charge is 0.381 e. The van der Waals surface area contributed by atoms with Crippen LogP contribution in [0.15, 0.2) is 24.3 Å². The topological polar surface area (TPSA) is 64.4 Å². The number of nitrogens with two attached hydrogens (primary N) is 1. The molecule has 1 aliphatic heterocycles. The smallest absolute Gasteiger partial charge is 0.244 e. The Morgan fingerprint density at radius 3 is 2.56 bits per heavy atom. The maximum Gasteiger partial charge on any atom is 0.244 e. The summed E-state index contributed by atoms with van der Waals surface area (Å²) in [5.74, 6) is -0.200. The van der Waals surface area contributed by atoms with Crippen LogP contribution in [0.1, 0.15) is 12.8 Å². The van der Waals surface area contributed by atoms with Gasteiger partial charge in [-0.1, -0.05) is 23.7 Å². The van der Waals surface area contributed by atoms with Crippen molar-refractivity contribution in [2.75, 3.05) is 18.5 Å². The number of carbonyl (C=O) groups excluding carboxylic acids is 1. The molecular formula is C12H16Cl2N2O2. The van der Waals surface area contributed by atoms with E-state index >= 15 is 0 Å². The van der Waals surface area contributed by atoms with Gasteiger partial charge in [0.2, 0.25) is 5.91 Å². The summed E-state index contributed by atoms with van der Waals surface area (Å²) in [5.41, 5.74) is 5.81. The molecule has 0 radical (unpaired) electrons. The highest BCUT2D eigenvalue weighted by atomic mass is 35.5. The second kappa shape index (κ2) is 6.38. The third-order valence-electron chi connectivity index (χ3n) is 2.96. The molecule has 0 bridgehead atoms. The summed E-state index contributed by atoms with van der Waals surface area (Å²) in [4.78, 5) is 12.1. The van der Waals surface area contributed by atoms with E-state index < -0.39 is 5.54 Å². The van der Waals surface area contributed by atoms with E-state index in [1.165, 1.54) is 0 Å². The Morgan fingerprint density at radius 2 is 1.94 bits per heavy atom. The minimum atomic E-state index is -0.850. The normalized spacial score (nSPS) is 17.7. The average molecular weight is 291 g/mol. The molecule has 1 saturated heterocycles. The van der Waals surface area contributed by atoms with Crippen LogP contribution in [-0.2, 0) is 9.53 Å². The molecule has 0 aliphatic carbocycles. The van der Waals surface area contributed by atoms with Gasteiger partial charge in [0, 0.05) is 13.2 Å². The first kappa shape index (κ1) is 15.2. The van der Waals surface area contributed by atoms with Crippen LogP contribution in [0.3, 0.4) is 0 Å². The lowest BCUT2D eigenvalue weighted by molar-refractivity contribution is -0.124. The van der Waals surface area contributed by atoms with Crippen molar-refractivity contribution in [3.8, 4) is 0 Å². The molecule has 18 heavy (non-hydrogen) atoms. The van der Waals surface area contributed by atoms with Crippen LogP contribution in [0, 0.1) is 0 Å². The van der Waals surface area contributed by atoms with Crippen molar-refractivity contribution in [1.29, 1.82) is 0 Å². The average Bonchev–Trinajstić information content (AvgIpc) is 2.33. The maximum atomic E-state index is 12.1. The molecule has 3 N–H and O–H groups in total. The van der Waals surface area contributed by atoms with Gasteiger partial charge in [0.1, 0.15) is 5.54 Å². The number of carbonyl (C=O) groups is 1. The van der Waals surface area contributed by atoms with Gasteiger partial charge in [-0.2, -0.15) is 0 Å². The van der Waals surface area contributed by atoms with Crippen molar-refractivity contribution in [1.82, 2.24) is 0 Å². The molecule has 0 spiro atoms. The summed E-state index contributed by atoms with van der Waals surface area (Å²) in [7, 11) is 0. The van der Waals surface area contributed by atoms with Gasteiger partial charge in [-0.25, -0.2) is 0 Å². The summed E-state index contributed by atoms with van der Waals surface area (Å²) >= 11 is 5.97. The van der Waals surface area contributed by atoms with Crippen LogP contribution in [0.2, 0.25) is 5.02 Å². The molecule has 0 unspecified atom stereocenters. The number of ether oxygens (including phenoxy) is 1. The molecule has 2 rings (SSSR count). The molecule has 1 amide bonds. The first-order valence-electron chi connectivity index (χ1n) is 5.54. The molecule has 100 valence electrons. The minimum absolute atomic E-state index is 0. The molecule has 6 heteroatoms. The molecule has 0 aromatic heterocycles. The zero-order chi connectivity index (χ0) is 12.3. The summed E-state index contributed by atoms with van der Waals surface area (Å²) in [6.07, 6.45) is 1.06. The summed E-state index contributed by atoms with van der Waals surface area (Å²) in [6, 6.07) is 7.10. The van der Waals surface area contributed by atoms with Gasteiger partial charge in [-0.05, 0) is 25.0 Å². The van der Waals surface area contributed by atoms with E-state index in [0.29, 0.717) is 36.8 Å². The Bertz CT molecular complexity index is 420. The van der Waals surface area contributed by atoms with Crippen LogP contribution in [0.25, 0.3) is 0 Å². The van der Waals surface area contributed by atoms with Crippen LogP contribution < -0.4 is 11.1 Å². The van der Waals surface area contributed by atoms with Gasteiger partial charge in [-0.15, -0.1) is 12.4 Å². The van der Waals surface area contributed by atoms with E-state index in [0.717, 1.165) is 0 Å². The summed E-state index contributed by atoms with van der Waals surface area (Å²) in [6.45, 7) is 1.04. The van der Waals surface area contributed by atoms with Crippen molar-refractivity contribution in [3.05, 3.63) is 29.3 Å². The molecule has 0 saturated carbocycles. The first-order valence-corrected chi connectivity index (χ1v) is 5.92. The van der Waals surface area contributed by atoms with Gasteiger partial charge in [0.25, 0.3) is 0 Å². The van der Waals surface area contributed by atoms with E-state index in [-0.39, 0.29) is 18.3 Å². The molecule has 1 aliphatic rings. The summed E-state index contributed by atoms with van der Waals surface area (Å²) < 4.78 is 5.20. The standard InChI is InChI=1S/C12H15ClN2O2.ClH/c13-9-3-1-2-4-10(9)15-11(16)12(14)5-7-17-8-6-12;/h1-4H,5-8,14H2,(H,15,16);1H. The van der Waals surface area contributed by atoms with Crippen molar-refractivity contribution < 1.29 is 9.53 Å². The van der Waals surface area contributed by atoms with E-state index in [1.54, 1.807) is 12.1 Å². The molecule has 1 fully saturated rings. The fraction of sp³-hybridized carbons (Fsp3) is 0.417. The van der Waals surface area contributed by atoms with E-state index in [9.17, 15) is 4.79 Å². The quantitative estimate of drug-likeness (QED) is 0.878. The van der Waals surface area contributed by atoms with Crippen molar-refractivity contribution in [2.45, 2.75) is 18.4 Å². The predicted octanol–water partition coefficient (Wildman–Crippen LogP) is 2.21. The minimum Gasteiger partial charge on any atom is -0.381 e. The van der Waals surface area contributed by atoms with E-state index in [4.69, 9.17) is 22.1 Å². The maximum absolute atomic E-state index is 12.1. The third kappa shape index (κ3) is 3.36. The second-order valence-corrected chi connectivity index (χ2v) is 4.61. The number of hydrogen-bond donors (Lipinski definition) is 2. The fourth-order valence-corrected chi connectivity index (χ4v) is 1.96. The number of nitrogens with one attached hydrogen (secondary N) is 1. The predicted molar refractivity (Wildman–Crippen MR) is 74.3 cm³/mol. The highest BCUT2D eigenvalue weighted by Gasteiger charge is 2.36.